The second-order valence-corrected chi connectivity index (χ2v) is 8.33. The normalized spacial score (nSPS) is 18.7. The maximum absolute atomic E-state index is 13.3. The van der Waals surface area contributed by atoms with Crippen LogP contribution in [0.15, 0.2) is 18.2 Å². The summed E-state index contributed by atoms with van der Waals surface area (Å²) in [6.07, 6.45) is -0.0921. The second kappa shape index (κ2) is 7.33. The molecule has 27 heavy (non-hydrogen) atoms. The Morgan fingerprint density at radius 3 is 2.37 bits per heavy atom. The van der Waals surface area contributed by atoms with E-state index in [2.05, 4.69) is 0 Å². The molecule has 1 aromatic rings. The molecule has 0 N–H and O–H groups in total. The van der Waals surface area contributed by atoms with Gasteiger partial charge in [0.05, 0.1) is 30.2 Å². The van der Waals surface area contributed by atoms with Gasteiger partial charge in [0.2, 0.25) is 5.91 Å². The highest BCUT2D eigenvalue weighted by Gasteiger charge is 2.49. The van der Waals surface area contributed by atoms with Gasteiger partial charge in [0.1, 0.15) is 11.4 Å². The van der Waals surface area contributed by atoms with E-state index < -0.39 is 23.0 Å². The first-order valence-electron chi connectivity index (χ1n) is 9.22. The van der Waals surface area contributed by atoms with Crippen molar-refractivity contribution in [1.82, 2.24) is 0 Å². The van der Waals surface area contributed by atoms with Crippen LogP contribution in [0.1, 0.15) is 65.2 Å². The molecule has 0 aromatic heterocycles. The second-order valence-electron chi connectivity index (χ2n) is 8.33. The van der Waals surface area contributed by atoms with Crippen molar-refractivity contribution in [1.29, 1.82) is 0 Å². The zero-order valence-corrected chi connectivity index (χ0v) is 17.2. The number of benzene rings is 1. The SMILES string of the molecule is CCOc1ccc2c(c1)C(=O)C(CC(=O)OC(C)(C)C)C(C)(C)N2C(C)=O. The van der Waals surface area contributed by atoms with Crippen LogP contribution in [0.3, 0.4) is 0 Å². The highest BCUT2D eigenvalue weighted by atomic mass is 16.6. The number of ketones is 1. The number of esters is 1. The standard InChI is InChI=1S/C21H29NO5/c1-8-26-14-9-10-17-15(11-14)19(25)16(12-18(24)27-20(3,4)5)21(6,7)22(17)13(2)23/h9-11,16H,8,12H2,1-7H3. The smallest absolute Gasteiger partial charge is 0.307 e. The quantitative estimate of drug-likeness (QED) is 0.749. The lowest BCUT2D eigenvalue weighted by Gasteiger charge is -2.47. The number of rotatable bonds is 4. The lowest BCUT2D eigenvalue weighted by Crippen LogP contribution is -2.58. The number of carbonyl (C=O) groups is 3. The maximum atomic E-state index is 13.3. The average molecular weight is 375 g/mol. The van der Waals surface area contributed by atoms with Crippen LogP contribution in [0, 0.1) is 5.92 Å². The number of ether oxygens (including phenoxy) is 2. The third-order valence-electron chi connectivity index (χ3n) is 4.64. The molecule has 6 nitrogen and oxygen atoms in total. The number of nitrogens with zero attached hydrogens (tertiary/aromatic N) is 1. The first-order chi connectivity index (χ1) is 12.4. The Kier molecular flexibility index (Phi) is 5.68. The molecule has 0 spiro atoms. The molecule has 6 heteroatoms. The Hall–Kier alpha value is -2.37. The summed E-state index contributed by atoms with van der Waals surface area (Å²) in [4.78, 5) is 39.7. The molecule has 1 aliphatic rings. The summed E-state index contributed by atoms with van der Waals surface area (Å²) < 4.78 is 10.9. The zero-order chi connectivity index (χ0) is 20.6. The molecule has 1 heterocycles. The van der Waals surface area contributed by atoms with Gasteiger partial charge in [-0.2, -0.15) is 0 Å². The Labute approximate surface area is 160 Å². The number of fused-ring (bicyclic) bond motifs is 1. The molecule has 1 atom stereocenters. The van der Waals surface area contributed by atoms with Gasteiger partial charge in [-0.3, -0.25) is 14.4 Å². The minimum atomic E-state index is -0.861. The van der Waals surface area contributed by atoms with E-state index in [4.69, 9.17) is 9.47 Å². The molecule has 1 unspecified atom stereocenters. The van der Waals surface area contributed by atoms with E-state index in [-0.39, 0.29) is 18.1 Å². The van der Waals surface area contributed by atoms with E-state index in [1.807, 2.05) is 6.92 Å². The van der Waals surface area contributed by atoms with E-state index in [0.717, 1.165) is 0 Å². The van der Waals surface area contributed by atoms with Gasteiger partial charge in [-0.15, -0.1) is 0 Å². The summed E-state index contributed by atoms with van der Waals surface area (Å²) in [5, 5.41) is 0. The van der Waals surface area contributed by atoms with Crippen LogP contribution in [0.25, 0.3) is 0 Å². The molecule has 1 aromatic carbocycles. The van der Waals surface area contributed by atoms with Crippen molar-refractivity contribution in [3.63, 3.8) is 0 Å². The van der Waals surface area contributed by atoms with Crippen molar-refractivity contribution in [2.24, 2.45) is 5.92 Å². The van der Waals surface area contributed by atoms with Crippen LogP contribution < -0.4 is 9.64 Å². The molecular formula is C21H29NO5. The first-order valence-corrected chi connectivity index (χ1v) is 9.22. The highest BCUT2D eigenvalue weighted by Crippen LogP contribution is 2.43. The predicted octanol–water partition coefficient (Wildman–Crippen LogP) is 3.76. The minimum Gasteiger partial charge on any atom is -0.494 e. The molecule has 2 rings (SSSR count). The molecule has 0 aliphatic carbocycles. The molecule has 0 fully saturated rings. The van der Waals surface area contributed by atoms with Crippen LogP contribution in [0.5, 0.6) is 5.75 Å². The van der Waals surface area contributed by atoms with Crippen LogP contribution in [-0.2, 0) is 14.3 Å². The molecule has 0 bridgehead atoms. The van der Waals surface area contributed by atoms with Gasteiger partial charge in [0.15, 0.2) is 5.78 Å². The van der Waals surface area contributed by atoms with Gasteiger partial charge in [-0.1, -0.05) is 0 Å². The van der Waals surface area contributed by atoms with Gasteiger partial charge in [-0.25, -0.2) is 0 Å². The van der Waals surface area contributed by atoms with Crippen molar-refractivity contribution >= 4 is 23.3 Å². The van der Waals surface area contributed by atoms with Crippen molar-refractivity contribution in [2.75, 3.05) is 11.5 Å². The average Bonchev–Trinajstić information content (AvgIpc) is 2.50. The lowest BCUT2D eigenvalue weighted by molar-refractivity contribution is -0.156. The molecule has 0 radical (unpaired) electrons. The van der Waals surface area contributed by atoms with Crippen molar-refractivity contribution in [3.8, 4) is 5.75 Å². The fraction of sp³-hybridized carbons (Fsp3) is 0.571. The molecular weight excluding hydrogens is 346 g/mol. The third-order valence-corrected chi connectivity index (χ3v) is 4.64. The van der Waals surface area contributed by atoms with Gasteiger partial charge in [-0.05, 0) is 59.7 Å². The fourth-order valence-corrected chi connectivity index (χ4v) is 3.61. The van der Waals surface area contributed by atoms with Crippen molar-refractivity contribution in [3.05, 3.63) is 23.8 Å². The fourth-order valence-electron chi connectivity index (χ4n) is 3.61. The van der Waals surface area contributed by atoms with Crippen LogP contribution >= 0.6 is 0 Å². The van der Waals surface area contributed by atoms with E-state index in [1.54, 1.807) is 57.7 Å². The number of amides is 1. The minimum absolute atomic E-state index is 0.0921. The molecule has 0 saturated carbocycles. The summed E-state index contributed by atoms with van der Waals surface area (Å²) in [5.74, 6) is -0.974. The van der Waals surface area contributed by atoms with Crippen molar-refractivity contribution < 1.29 is 23.9 Å². The monoisotopic (exact) mass is 375 g/mol. The number of carbonyl (C=O) groups excluding carboxylic acids is 3. The summed E-state index contributed by atoms with van der Waals surface area (Å²) in [5.41, 5.74) is -0.565. The van der Waals surface area contributed by atoms with Gasteiger partial charge in [0.25, 0.3) is 0 Å². The van der Waals surface area contributed by atoms with Crippen LogP contribution in [0.2, 0.25) is 0 Å². The van der Waals surface area contributed by atoms with E-state index in [0.29, 0.717) is 23.6 Å². The van der Waals surface area contributed by atoms with Crippen LogP contribution in [-0.4, -0.2) is 35.4 Å². The Bertz CT molecular complexity index is 760. The summed E-state index contributed by atoms with van der Waals surface area (Å²) in [7, 11) is 0. The molecule has 1 aliphatic heterocycles. The van der Waals surface area contributed by atoms with Crippen LogP contribution in [0.4, 0.5) is 5.69 Å². The topological polar surface area (TPSA) is 72.9 Å². The van der Waals surface area contributed by atoms with Gasteiger partial charge in [0, 0.05) is 12.5 Å². The number of hydrogen-bond donors (Lipinski definition) is 0. The van der Waals surface area contributed by atoms with E-state index in [9.17, 15) is 14.4 Å². The number of Topliss-reactive ketones (excluding diaryl/α,β-unsaturated/α-hetero) is 1. The first kappa shape index (κ1) is 20.9. The van der Waals surface area contributed by atoms with Gasteiger partial charge < -0.3 is 14.4 Å². The van der Waals surface area contributed by atoms with Gasteiger partial charge >= 0.3 is 5.97 Å². The molecule has 1 amide bonds. The largest absolute Gasteiger partial charge is 0.494 e. The molecule has 0 saturated heterocycles. The summed E-state index contributed by atoms with van der Waals surface area (Å²) >= 11 is 0. The third kappa shape index (κ3) is 4.31. The molecule has 148 valence electrons. The zero-order valence-electron chi connectivity index (χ0n) is 17.2. The predicted molar refractivity (Wildman–Crippen MR) is 103 cm³/mol. The number of anilines is 1. The Morgan fingerprint density at radius 1 is 1.22 bits per heavy atom. The lowest BCUT2D eigenvalue weighted by atomic mass is 9.74. The summed E-state index contributed by atoms with van der Waals surface area (Å²) in [6, 6.07) is 5.12. The highest BCUT2D eigenvalue weighted by molar-refractivity contribution is 6.12. The Balaban J connectivity index is 2.49. The number of hydrogen-bond acceptors (Lipinski definition) is 5. The van der Waals surface area contributed by atoms with Crippen molar-refractivity contribution in [2.45, 2.75) is 66.0 Å². The van der Waals surface area contributed by atoms with E-state index in [1.165, 1.54) is 6.92 Å². The summed E-state index contributed by atoms with van der Waals surface area (Å²) in [6.45, 7) is 12.7. The maximum Gasteiger partial charge on any atom is 0.307 e. The Morgan fingerprint density at radius 2 is 1.85 bits per heavy atom. The van der Waals surface area contributed by atoms with E-state index >= 15 is 0 Å².